The van der Waals surface area contributed by atoms with Gasteiger partial charge in [-0.3, -0.25) is 10.1 Å². The van der Waals surface area contributed by atoms with E-state index in [9.17, 15) is 10.1 Å². The van der Waals surface area contributed by atoms with E-state index in [-0.39, 0.29) is 5.69 Å². The highest BCUT2D eigenvalue weighted by molar-refractivity contribution is 5.48. The summed E-state index contributed by atoms with van der Waals surface area (Å²) in [6.45, 7) is 7.74. The number of allylic oxidation sites excluding steroid dienone is 1. The number of benzene rings is 1. The van der Waals surface area contributed by atoms with E-state index in [0.717, 1.165) is 37.8 Å². The van der Waals surface area contributed by atoms with Crippen molar-refractivity contribution >= 4 is 5.69 Å². The van der Waals surface area contributed by atoms with Gasteiger partial charge in [0.05, 0.1) is 11.5 Å². The lowest BCUT2D eigenvalue weighted by atomic mass is 10.2. The van der Waals surface area contributed by atoms with Gasteiger partial charge in [-0.25, -0.2) is 0 Å². The Kier molecular flexibility index (Phi) is 8.12. The Labute approximate surface area is 126 Å². The second-order valence-corrected chi connectivity index (χ2v) is 4.83. The number of unbranched alkanes of at least 4 members (excludes halogenated alkanes) is 3. The zero-order chi connectivity index (χ0) is 15.5. The molecule has 0 aliphatic heterocycles. The molecule has 0 atom stereocenters. The van der Waals surface area contributed by atoms with Gasteiger partial charge in [0.2, 0.25) is 0 Å². The molecule has 1 aromatic carbocycles. The Hall–Kier alpha value is -1.88. The summed E-state index contributed by atoms with van der Waals surface area (Å²) >= 11 is 0. The molecule has 116 valence electrons. The molecule has 0 aliphatic rings. The lowest BCUT2D eigenvalue weighted by molar-refractivity contribution is -0.385. The van der Waals surface area contributed by atoms with Crippen LogP contribution in [0.25, 0.3) is 0 Å². The molecule has 5 nitrogen and oxygen atoms in total. The van der Waals surface area contributed by atoms with E-state index in [1.807, 2.05) is 13.0 Å². The van der Waals surface area contributed by atoms with Crippen LogP contribution >= 0.6 is 0 Å². The van der Waals surface area contributed by atoms with Crippen molar-refractivity contribution in [3.8, 4) is 5.75 Å². The van der Waals surface area contributed by atoms with Gasteiger partial charge in [0.15, 0.2) is 5.75 Å². The van der Waals surface area contributed by atoms with Gasteiger partial charge in [-0.2, -0.15) is 0 Å². The largest absolute Gasteiger partial charge is 0.487 e. The van der Waals surface area contributed by atoms with Crippen LogP contribution in [0.5, 0.6) is 5.75 Å². The zero-order valence-electron chi connectivity index (χ0n) is 12.6. The first-order valence-corrected chi connectivity index (χ1v) is 7.40. The Balaban J connectivity index is 2.59. The SMILES string of the molecule is C=CCCCCCOc1cc(CNCC)ccc1[N+](=O)[O-]. The van der Waals surface area contributed by atoms with Gasteiger partial charge >= 0.3 is 5.69 Å². The summed E-state index contributed by atoms with van der Waals surface area (Å²) < 4.78 is 5.60. The van der Waals surface area contributed by atoms with Crippen molar-refractivity contribution in [2.45, 2.75) is 39.2 Å². The minimum absolute atomic E-state index is 0.0290. The third kappa shape index (κ3) is 6.40. The minimum atomic E-state index is -0.399. The Morgan fingerprint density at radius 3 is 2.86 bits per heavy atom. The van der Waals surface area contributed by atoms with E-state index < -0.39 is 4.92 Å². The van der Waals surface area contributed by atoms with Gasteiger partial charge in [0.25, 0.3) is 0 Å². The maximum atomic E-state index is 11.0. The van der Waals surface area contributed by atoms with Crippen LogP contribution < -0.4 is 10.1 Å². The van der Waals surface area contributed by atoms with Gasteiger partial charge in [-0.05, 0) is 43.9 Å². The van der Waals surface area contributed by atoms with Crippen LogP contribution in [0.2, 0.25) is 0 Å². The average Bonchev–Trinajstić information content (AvgIpc) is 2.48. The first kappa shape index (κ1) is 17.2. The molecular formula is C16H24N2O3. The molecular weight excluding hydrogens is 268 g/mol. The molecule has 0 aromatic heterocycles. The van der Waals surface area contributed by atoms with Crippen molar-refractivity contribution in [3.63, 3.8) is 0 Å². The fourth-order valence-corrected chi connectivity index (χ4v) is 1.95. The highest BCUT2D eigenvalue weighted by Gasteiger charge is 2.15. The van der Waals surface area contributed by atoms with Gasteiger partial charge in [0, 0.05) is 12.6 Å². The summed E-state index contributed by atoms with van der Waals surface area (Å²) in [6.07, 6.45) is 5.91. The van der Waals surface area contributed by atoms with E-state index in [1.165, 1.54) is 6.07 Å². The number of nitro groups is 1. The Morgan fingerprint density at radius 2 is 2.19 bits per heavy atom. The van der Waals surface area contributed by atoms with Gasteiger partial charge < -0.3 is 10.1 Å². The first-order chi connectivity index (χ1) is 10.2. The molecule has 0 heterocycles. The zero-order valence-corrected chi connectivity index (χ0v) is 12.6. The van der Waals surface area contributed by atoms with E-state index >= 15 is 0 Å². The van der Waals surface area contributed by atoms with Crippen molar-refractivity contribution in [1.29, 1.82) is 0 Å². The van der Waals surface area contributed by atoms with Crippen LogP contribution in [0.15, 0.2) is 30.9 Å². The van der Waals surface area contributed by atoms with Crippen molar-refractivity contribution in [2.24, 2.45) is 0 Å². The lowest BCUT2D eigenvalue weighted by Crippen LogP contribution is -2.12. The molecule has 0 spiro atoms. The molecule has 0 radical (unpaired) electrons. The fraction of sp³-hybridized carbons (Fsp3) is 0.500. The normalized spacial score (nSPS) is 10.3. The highest BCUT2D eigenvalue weighted by Crippen LogP contribution is 2.28. The molecule has 0 saturated carbocycles. The number of nitro benzene ring substituents is 1. The van der Waals surface area contributed by atoms with Crippen molar-refractivity contribution in [2.75, 3.05) is 13.2 Å². The maximum absolute atomic E-state index is 11.0. The van der Waals surface area contributed by atoms with E-state index in [1.54, 1.807) is 12.1 Å². The first-order valence-electron chi connectivity index (χ1n) is 7.40. The summed E-state index contributed by atoms with van der Waals surface area (Å²) in [4.78, 5) is 10.6. The summed E-state index contributed by atoms with van der Waals surface area (Å²) in [5, 5.41) is 14.2. The number of hydrogen-bond acceptors (Lipinski definition) is 4. The Morgan fingerprint density at radius 1 is 1.38 bits per heavy atom. The average molecular weight is 292 g/mol. The summed E-state index contributed by atoms with van der Waals surface area (Å²) in [6, 6.07) is 5.03. The van der Waals surface area contributed by atoms with Crippen LogP contribution in [0.4, 0.5) is 5.69 Å². The van der Waals surface area contributed by atoms with Crippen molar-refractivity contribution in [1.82, 2.24) is 5.32 Å². The predicted molar refractivity (Wildman–Crippen MR) is 84.6 cm³/mol. The van der Waals surface area contributed by atoms with Gasteiger partial charge in [-0.1, -0.05) is 19.1 Å². The summed E-state index contributed by atoms with van der Waals surface area (Å²) in [7, 11) is 0. The second-order valence-electron chi connectivity index (χ2n) is 4.83. The highest BCUT2D eigenvalue weighted by atomic mass is 16.6. The Bertz CT molecular complexity index is 461. The third-order valence-corrected chi connectivity index (χ3v) is 3.11. The molecule has 1 rings (SSSR count). The smallest absolute Gasteiger partial charge is 0.310 e. The molecule has 0 fully saturated rings. The molecule has 0 amide bonds. The standard InChI is InChI=1S/C16H24N2O3/c1-3-5-6-7-8-11-21-16-12-14(13-17-4-2)9-10-15(16)18(19)20/h3,9-10,12,17H,1,4-8,11,13H2,2H3. The molecule has 0 bridgehead atoms. The minimum Gasteiger partial charge on any atom is -0.487 e. The predicted octanol–water partition coefficient (Wildman–Crippen LogP) is 3.83. The monoisotopic (exact) mass is 292 g/mol. The maximum Gasteiger partial charge on any atom is 0.310 e. The fourth-order valence-electron chi connectivity index (χ4n) is 1.95. The molecule has 0 aliphatic carbocycles. The van der Waals surface area contributed by atoms with Crippen LogP contribution in [-0.4, -0.2) is 18.1 Å². The quantitative estimate of drug-likeness (QED) is 0.291. The third-order valence-electron chi connectivity index (χ3n) is 3.11. The summed E-state index contributed by atoms with van der Waals surface area (Å²) in [5.41, 5.74) is 1.02. The number of nitrogens with zero attached hydrogens (tertiary/aromatic N) is 1. The number of rotatable bonds is 11. The number of hydrogen-bond donors (Lipinski definition) is 1. The van der Waals surface area contributed by atoms with Crippen molar-refractivity contribution in [3.05, 3.63) is 46.5 Å². The molecule has 5 heteroatoms. The molecule has 21 heavy (non-hydrogen) atoms. The lowest BCUT2D eigenvalue weighted by Gasteiger charge is -2.09. The van der Waals surface area contributed by atoms with Crippen LogP contribution in [0, 0.1) is 10.1 Å². The van der Waals surface area contributed by atoms with Crippen LogP contribution in [-0.2, 0) is 6.54 Å². The topological polar surface area (TPSA) is 64.4 Å². The van der Waals surface area contributed by atoms with E-state index in [2.05, 4.69) is 11.9 Å². The van der Waals surface area contributed by atoms with E-state index in [0.29, 0.717) is 18.9 Å². The number of ether oxygens (including phenoxy) is 1. The molecule has 1 N–H and O–H groups in total. The van der Waals surface area contributed by atoms with Crippen molar-refractivity contribution < 1.29 is 9.66 Å². The molecule has 0 saturated heterocycles. The van der Waals surface area contributed by atoms with Gasteiger partial charge in [-0.15, -0.1) is 6.58 Å². The number of nitrogens with one attached hydrogen (secondary N) is 1. The molecule has 1 aromatic rings. The van der Waals surface area contributed by atoms with E-state index in [4.69, 9.17) is 4.74 Å². The van der Waals surface area contributed by atoms with Crippen LogP contribution in [0.1, 0.15) is 38.2 Å². The summed E-state index contributed by atoms with van der Waals surface area (Å²) in [5.74, 6) is 0.360. The molecule has 0 unspecified atom stereocenters. The van der Waals surface area contributed by atoms with Crippen LogP contribution in [0.3, 0.4) is 0 Å². The second kappa shape index (κ2) is 9.94. The van der Waals surface area contributed by atoms with Gasteiger partial charge in [0.1, 0.15) is 0 Å².